The highest BCUT2D eigenvalue weighted by molar-refractivity contribution is 5.82. The van der Waals surface area contributed by atoms with E-state index in [-0.39, 0.29) is 0 Å². The maximum absolute atomic E-state index is 9.31. The summed E-state index contributed by atoms with van der Waals surface area (Å²) >= 11 is 0. The van der Waals surface area contributed by atoms with E-state index < -0.39 is 0 Å². The fourth-order valence-electron chi connectivity index (χ4n) is 4.83. The number of nitrogens with zero attached hydrogens (tertiary/aromatic N) is 5. The first kappa shape index (κ1) is 24.1. The Bertz CT molecular complexity index is 1110. The molecule has 0 aliphatic carbocycles. The Morgan fingerprint density at radius 3 is 2.65 bits per heavy atom. The molecule has 1 fully saturated rings. The molecule has 178 valence electrons. The van der Waals surface area contributed by atoms with Gasteiger partial charge in [0.15, 0.2) is 0 Å². The highest BCUT2D eigenvalue weighted by atomic mass is 16.5. The van der Waals surface area contributed by atoms with Crippen molar-refractivity contribution < 1.29 is 4.74 Å². The van der Waals surface area contributed by atoms with Gasteiger partial charge in [-0.2, -0.15) is 5.26 Å². The van der Waals surface area contributed by atoms with E-state index in [2.05, 4.69) is 44.9 Å². The molecule has 3 aromatic rings. The van der Waals surface area contributed by atoms with Crippen molar-refractivity contribution in [2.24, 2.45) is 0 Å². The van der Waals surface area contributed by atoms with Crippen LogP contribution in [0, 0.1) is 18.3 Å². The zero-order valence-corrected chi connectivity index (χ0v) is 20.4. The first-order valence-electron chi connectivity index (χ1n) is 12.5. The molecule has 34 heavy (non-hydrogen) atoms. The molecule has 2 aromatic carbocycles. The van der Waals surface area contributed by atoms with Crippen LogP contribution in [0.4, 0.5) is 0 Å². The van der Waals surface area contributed by atoms with E-state index in [0.29, 0.717) is 18.5 Å². The summed E-state index contributed by atoms with van der Waals surface area (Å²) in [5.41, 5.74) is 4.11. The normalized spacial score (nSPS) is 15.8. The first-order chi connectivity index (χ1) is 16.7. The van der Waals surface area contributed by atoms with Gasteiger partial charge in [0.05, 0.1) is 22.5 Å². The van der Waals surface area contributed by atoms with Gasteiger partial charge in [0.25, 0.3) is 0 Å². The Kier molecular flexibility index (Phi) is 8.46. The lowest BCUT2D eigenvalue weighted by Crippen LogP contribution is -2.48. The van der Waals surface area contributed by atoms with Gasteiger partial charge in [-0.15, -0.1) is 0 Å². The summed E-state index contributed by atoms with van der Waals surface area (Å²) in [6.07, 6.45) is 6.47. The zero-order chi connectivity index (χ0) is 23.8. The quantitative estimate of drug-likeness (QED) is 0.393. The highest BCUT2D eigenvalue weighted by Crippen LogP contribution is 2.29. The van der Waals surface area contributed by atoms with Crippen LogP contribution in [0.3, 0.4) is 0 Å². The van der Waals surface area contributed by atoms with Crippen LogP contribution in [-0.4, -0.2) is 59.1 Å². The predicted molar refractivity (Wildman–Crippen MR) is 136 cm³/mol. The van der Waals surface area contributed by atoms with Crippen LogP contribution >= 0.6 is 0 Å². The third kappa shape index (κ3) is 5.91. The van der Waals surface area contributed by atoms with Gasteiger partial charge >= 0.3 is 0 Å². The van der Waals surface area contributed by atoms with Gasteiger partial charge in [-0.05, 0) is 42.7 Å². The zero-order valence-electron chi connectivity index (χ0n) is 20.4. The van der Waals surface area contributed by atoms with Crippen LogP contribution in [0.2, 0.25) is 0 Å². The summed E-state index contributed by atoms with van der Waals surface area (Å²) in [7, 11) is 0. The summed E-state index contributed by atoms with van der Waals surface area (Å²) in [4.78, 5) is 13.8. The van der Waals surface area contributed by atoms with E-state index in [1.807, 2.05) is 37.3 Å². The molecule has 2 heterocycles. The number of hydrogen-bond acceptors (Lipinski definition) is 6. The van der Waals surface area contributed by atoms with Crippen molar-refractivity contribution in [1.29, 1.82) is 5.26 Å². The van der Waals surface area contributed by atoms with Crippen LogP contribution in [0.25, 0.3) is 10.9 Å². The predicted octanol–water partition coefficient (Wildman–Crippen LogP) is 5.13. The molecule has 1 aromatic heterocycles. The van der Waals surface area contributed by atoms with Crippen molar-refractivity contribution in [2.45, 2.75) is 45.6 Å². The largest absolute Gasteiger partial charge is 0.476 e. The molecule has 0 N–H and O–H groups in total. The number of fused-ring (bicyclic) bond motifs is 1. The van der Waals surface area contributed by atoms with E-state index in [4.69, 9.17) is 4.74 Å². The molecule has 4 rings (SSSR count). The summed E-state index contributed by atoms with van der Waals surface area (Å²) in [6.45, 7) is 9.98. The molecule has 0 amide bonds. The van der Waals surface area contributed by atoms with Crippen molar-refractivity contribution in [1.82, 2.24) is 19.8 Å². The second-order valence-corrected chi connectivity index (χ2v) is 9.12. The van der Waals surface area contributed by atoms with E-state index >= 15 is 0 Å². The van der Waals surface area contributed by atoms with Crippen molar-refractivity contribution in [3.63, 3.8) is 0 Å². The second kappa shape index (κ2) is 11.9. The molecular weight excluding hydrogens is 422 g/mol. The Morgan fingerprint density at radius 2 is 1.88 bits per heavy atom. The Labute approximate surface area is 203 Å². The van der Waals surface area contributed by atoms with E-state index in [1.54, 1.807) is 6.33 Å². The fourth-order valence-corrected chi connectivity index (χ4v) is 4.83. The summed E-state index contributed by atoms with van der Waals surface area (Å²) in [5.74, 6) is 0.663. The van der Waals surface area contributed by atoms with Gasteiger partial charge in [-0.25, -0.2) is 9.97 Å². The highest BCUT2D eigenvalue weighted by Gasteiger charge is 2.25. The van der Waals surface area contributed by atoms with Crippen LogP contribution in [-0.2, 0) is 0 Å². The van der Waals surface area contributed by atoms with E-state index in [1.165, 1.54) is 31.2 Å². The van der Waals surface area contributed by atoms with Crippen molar-refractivity contribution >= 4 is 10.9 Å². The van der Waals surface area contributed by atoms with Crippen LogP contribution in [0.5, 0.6) is 5.88 Å². The third-order valence-corrected chi connectivity index (χ3v) is 6.84. The summed E-state index contributed by atoms with van der Waals surface area (Å²) < 4.78 is 6.03. The molecule has 1 saturated heterocycles. The maximum atomic E-state index is 9.31. The third-order valence-electron chi connectivity index (χ3n) is 6.84. The lowest BCUT2D eigenvalue weighted by Gasteiger charge is -2.39. The number of rotatable bonds is 10. The number of para-hydroxylation sites is 1. The number of benzene rings is 2. The lowest BCUT2D eigenvalue weighted by molar-refractivity contribution is 0.0814. The van der Waals surface area contributed by atoms with Gasteiger partial charge < -0.3 is 4.74 Å². The fraction of sp³-hybridized carbons (Fsp3) is 0.464. The minimum absolute atomic E-state index is 0.420. The molecule has 0 radical (unpaired) electrons. The number of hydrogen-bond donors (Lipinski definition) is 0. The summed E-state index contributed by atoms with van der Waals surface area (Å²) in [5, 5.41) is 10.3. The van der Waals surface area contributed by atoms with Gasteiger partial charge in [0.2, 0.25) is 5.88 Å². The van der Waals surface area contributed by atoms with Crippen molar-refractivity contribution in [3.8, 4) is 11.9 Å². The van der Waals surface area contributed by atoms with Gasteiger partial charge in [-0.1, -0.05) is 50.5 Å². The van der Waals surface area contributed by atoms with Gasteiger partial charge in [-0.3, -0.25) is 9.80 Å². The molecule has 1 aliphatic heterocycles. The van der Waals surface area contributed by atoms with Crippen molar-refractivity contribution in [2.75, 3.05) is 39.3 Å². The first-order valence-corrected chi connectivity index (χ1v) is 12.5. The summed E-state index contributed by atoms with van der Waals surface area (Å²) in [6, 6.07) is 17.1. The Hall–Kier alpha value is -3.01. The van der Waals surface area contributed by atoms with Crippen LogP contribution in [0.1, 0.15) is 55.3 Å². The smallest absolute Gasteiger partial charge is 0.224 e. The average Bonchev–Trinajstić information content (AvgIpc) is 2.87. The Morgan fingerprint density at radius 1 is 1.06 bits per heavy atom. The minimum Gasteiger partial charge on any atom is -0.476 e. The average molecular weight is 458 g/mol. The number of ether oxygens (including phenoxy) is 1. The number of nitriles is 1. The number of unbranched alkanes of at least 4 members (excludes halogenated alkanes) is 2. The van der Waals surface area contributed by atoms with Gasteiger partial charge in [0, 0.05) is 38.8 Å². The number of aromatic nitrogens is 2. The number of piperazine rings is 1. The topological polar surface area (TPSA) is 65.3 Å². The second-order valence-electron chi connectivity index (χ2n) is 9.12. The molecule has 1 atom stereocenters. The number of aryl methyl sites for hydroxylation is 1. The molecule has 1 aliphatic rings. The molecule has 0 bridgehead atoms. The van der Waals surface area contributed by atoms with E-state index in [0.717, 1.165) is 54.8 Å². The van der Waals surface area contributed by atoms with Crippen LogP contribution < -0.4 is 4.74 Å². The molecule has 1 unspecified atom stereocenters. The Balaban J connectivity index is 1.33. The molecule has 0 saturated carbocycles. The van der Waals surface area contributed by atoms with Gasteiger partial charge in [0.1, 0.15) is 12.9 Å². The molecule has 6 nitrogen and oxygen atoms in total. The lowest BCUT2D eigenvalue weighted by atomic mass is 9.95. The molecule has 0 spiro atoms. The molecule has 6 heteroatoms. The standard InChI is InChI=1S/C28H35N5O/c1-3-4-5-10-27(23-11-12-24(20-29)22(2)19-23)33-15-13-32(14-16-33)17-18-34-28-25-8-6-7-9-26(25)30-21-31-28/h6-9,11-12,19,21,27H,3-5,10,13-18H2,1-2H3. The maximum Gasteiger partial charge on any atom is 0.224 e. The SMILES string of the molecule is CCCCCC(c1ccc(C#N)c(C)c1)N1CCN(CCOc2ncnc3ccccc23)CC1. The minimum atomic E-state index is 0.420. The van der Waals surface area contributed by atoms with Crippen LogP contribution in [0.15, 0.2) is 48.8 Å². The monoisotopic (exact) mass is 457 g/mol. The molecular formula is C28H35N5O. The van der Waals surface area contributed by atoms with E-state index in [9.17, 15) is 5.26 Å². The van der Waals surface area contributed by atoms with Crippen molar-refractivity contribution in [3.05, 3.63) is 65.5 Å².